The molecule has 0 amide bonds. The van der Waals surface area contributed by atoms with Gasteiger partial charge in [-0.05, 0) is 0 Å². The van der Waals surface area contributed by atoms with Crippen LogP contribution in [0.5, 0.6) is 0 Å². The monoisotopic (exact) mass is 436 g/mol. The molecular weight excluding hydrogens is 411 g/mol. The zero-order valence-corrected chi connectivity index (χ0v) is 18.3. The van der Waals surface area contributed by atoms with Crippen LogP contribution in [0.3, 0.4) is 0 Å². The summed E-state index contributed by atoms with van der Waals surface area (Å²) in [4.78, 5) is 0. The maximum atomic E-state index is 6.60. The predicted octanol–water partition coefficient (Wildman–Crippen LogP) is 3.54. The summed E-state index contributed by atoms with van der Waals surface area (Å²) in [6, 6.07) is 32.7. The molecule has 1 atom stereocenters. The molecule has 1 heterocycles. The number of rotatable bonds is 6. The third-order valence-electron chi connectivity index (χ3n) is 5.23. The van der Waals surface area contributed by atoms with E-state index in [0.717, 1.165) is 11.7 Å². The van der Waals surface area contributed by atoms with Crippen molar-refractivity contribution in [1.82, 2.24) is 0 Å². The van der Waals surface area contributed by atoms with Gasteiger partial charge in [0.15, 0.2) is 0 Å². The molecule has 3 aromatic rings. The van der Waals surface area contributed by atoms with Crippen LogP contribution in [0.2, 0.25) is 11.9 Å². The fraction of sp³-hybridized carbons (Fsp3) is 0.167. The van der Waals surface area contributed by atoms with Crippen LogP contribution in [-0.4, -0.2) is 29.1 Å². The quantitative estimate of drug-likeness (QED) is 0.539. The second-order valence-corrected chi connectivity index (χ2v) is 13.2. The SMILES string of the molecule is C[Si](C1=CCC(C[Se]c2ccccc2)O1)(c1ccccc1)c1ccccc1. The summed E-state index contributed by atoms with van der Waals surface area (Å²) in [6.45, 7) is 2.42. The van der Waals surface area contributed by atoms with Gasteiger partial charge in [0.1, 0.15) is 0 Å². The average Bonchev–Trinajstić information content (AvgIpc) is 3.23. The zero-order chi connectivity index (χ0) is 18.5. The van der Waals surface area contributed by atoms with E-state index in [1.165, 1.54) is 20.2 Å². The maximum absolute atomic E-state index is 6.60. The van der Waals surface area contributed by atoms with E-state index in [1.54, 1.807) is 0 Å². The summed E-state index contributed by atoms with van der Waals surface area (Å²) < 4.78 is 8.05. The zero-order valence-electron chi connectivity index (χ0n) is 15.5. The molecule has 1 aliphatic rings. The van der Waals surface area contributed by atoms with E-state index in [1.807, 2.05) is 0 Å². The molecule has 1 nitrogen and oxygen atoms in total. The first-order valence-electron chi connectivity index (χ1n) is 9.43. The van der Waals surface area contributed by atoms with Gasteiger partial charge in [-0.25, -0.2) is 0 Å². The predicted molar refractivity (Wildman–Crippen MR) is 118 cm³/mol. The van der Waals surface area contributed by atoms with E-state index < -0.39 is 8.07 Å². The second kappa shape index (κ2) is 8.31. The Morgan fingerprint density at radius 3 is 1.89 bits per heavy atom. The summed E-state index contributed by atoms with van der Waals surface area (Å²) in [6.07, 6.45) is 3.73. The Morgan fingerprint density at radius 1 is 0.815 bits per heavy atom. The molecule has 0 fully saturated rings. The van der Waals surface area contributed by atoms with Crippen molar-refractivity contribution < 1.29 is 4.74 Å². The second-order valence-electron chi connectivity index (χ2n) is 7.03. The molecule has 0 spiro atoms. The van der Waals surface area contributed by atoms with Gasteiger partial charge >= 0.3 is 169 Å². The van der Waals surface area contributed by atoms with Gasteiger partial charge in [0.2, 0.25) is 0 Å². The van der Waals surface area contributed by atoms with Crippen LogP contribution in [0.25, 0.3) is 0 Å². The number of hydrogen-bond acceptors (Lipinski definition) is 1. The number of hydrogen-bond donors (Lipinski definition) is 0. The van der Waals surface area contributed by atoms with Gasteiger partial charge in [-0.1, -0.05) is 0 Å². The normalized spacial score (nSPS) is 16.6. The Labute approximate surface area is 169 Å². The van der Waals surface area contributed by atoms with Crippen LogP contribution >= 0.6 is 0 Å². The van der Waals surface area contributed by atoms with Gasteiger partial charge in [-0.15, -0.1) is 0 Å². The fourth-order valence-electron chi connectivity index (χ4n) is 3.64. The Hall–Kier alpha value is -2.06. The van der Waals surface area contributed by atoms with E-state index in [2.05, 4.69) is 104 Å². The average molecular weight is 436 g/mol. The van der Waals surface area contributed by atoms with Gasteiger partial charge in [0, 0.05) is 0 Å². The Balaban J connectivity index is 1.55. The Kier molecular flexibility index (Phi) is 5.63. The van der Waals surface area contributed by atoms with E-state index in [9.17, 15) is 0 Å². The third kappa shape index (κ3) is 3.96. The van der Waals surface area contributed by atoms with E-state index >= 15 is 0 Å². The van der Waals surface area contributed by atoms with Crippen LogP contribution in [0.15, 0.2) is 102 Å². The molecule has 3 heteroatoms. The van der Waals surface area contributed by atoms with Crippen molar-refractivity contribution in [1.29, 1.82) is 0 Å². The van der Waals surface area contributed by atoms with Gasteiger partial charge in [-0.2, -0.15) is 0 Å². The standard InChI is InChI=1S/C24H24OSeSi/c1-27(22-13-7-3-8-14-22,23-15-9-4-10-16-23)24-18-17-20(25-24)19-26-21-11-5-2-6-12-21/h2-16,18,20H,17,19H2,1H3. The minimum atomic E-state index is -2.07. The van der Waals surface area contributed by atoms with Crippen LogP contribution in [-0.2, 0) is 4.74 Å². The van der Waals surface area contributed by atoms with Gasteiger partial charge < -0.3 is 0 Å². The Bertz CT molecular complexity index is 854. The van der Waals surface area contributed by atoms with Gasteiger partial charge in [0.05, 0.1) is 0 Å². The molecule has 1 aliphatic heterocycles. The van der Waals surface area contributed by atoms with Crippen molar-refractivity contribution in [2.45, 2.75) is 24.4 Å². The molecule has 1 unspecified atom stereocenters. The number of benzene rings is 3. The molecule has 0 radical (unpaired) electrons. The summed E-state index contributed by atoms with van der Waals surface area (Å²) in [5.74, 6) is 0. The molecule has 0 aromatic heterocycles. The number of ether oxygens (including phenoxy) is 1. The summed E-state index contributed by atoms with van der Waals surface area (Å²) in [7, 11) is -2.07. The first kappa shape index (κ1) is 18.3. The molecule has 4 rings (SSSR count). The van der Waals surface area contributed by atoms with Crippen molar-refractivity contribution in [3.8, 4) is 0 Å². The van der Waals surface area contributed by atoms with Crippen molar-refractivity contribution >= 4 is 37.9 Å². The molecule has 0 N–H and O–H groups in total. The van der Waals surface area contributed by atoms with E-state index in [-0.39, 0.29) is 0 Å². The summed E-state index contributed by atoms with van der Waals surface area (Å²) in [5.41, 5.74) is 0. The van der Waals surface area contributed by atoms with Crippen LogP contribution < -0.4 is 14.8 Å². The minimum absolute atomic E-state index is 0.319. The van der Waals surface area contributed by atoms with Crippen molar-refractivity contribution in [3.63, 3.8) is 0 Å². The van der Waals surface area contributed by atoms with Gasteiger partial charge in [0.25, 0.3) is 0 Å². The van der Waals surface area contributed by atoms with Crippen LogP contribution in [0.4, 0.5) is 0 Å². The summed E-state index contributed by atoms with van der Waals surface area (Å²) >= 11 is 0.465. The molecule has 27 heavy (non-hydrogen) atoms. The molecule has 3 aromatic carbocycles. The molecule has 0 saturated heterocycles. The molecule has 0 bridgehead atoms. The molecule has 0 aliphatic carbocycles. The van der Waals surface area contributed by atoms with Crippen molar-refractivity contribution in [2.75, 3.05) is 0 Å². The topological polar surface area (TPSA) is 9.23 Å². The summed E-state index contributed by atoms with van der Waals surface area (Å²) in [5, 5.41) is 5.19. The van der Waals surface area contributed by atoms with Crippen LogP contribution in [0.1, 0.15) is 6.42 Å². The van der Waals surface area contributed by atoms with E-state index in [4.69, 9.17) is 4.74 Å². The molecular formula is C24H24OSeSi. The van der Waals surface area contributed by atoms with Crippen LogP contribution in [0, 0.1) is 0 Å². The van der Waals surface area contributed by atoms with Gasteiger partial charge in [-0.3, -0.25) is 0 Å². The first-order chi connectivity index (χ1) is 13.3. The van der Waals surface area contributed by atoms with Crippen molar-refractivity contribution in [2.24, 2.45) is 0 Å². The molecule has 0 saturated carbocycles. The molecule has 136 valence electrons. The fourth-order valence-corrected chi connectivity index (χ4v) is 9.14. The first-order valence-corrected chi connectivity index (χ1v) is 14.0. The van der Waals surface area contributed by atoms with Crippen molar-refractivity contribution in [3.05, 3.63) is 102 Å². The third-order valence-corrected chi connectivity index (χ3v) is 11.9. The van der Waals surface area contributed by atoms with E-state index in [0.29, 0.717) is 21.1 Å². The Morgan fingerprint density at radius 2 is 1.33 bits per heavy atom.